The summed E-state index contributed by atoms with van der Waals surface area (Å²) in [7, 11) is 0. The van der Waals surface area contributed by atoms with Crippen molar-refractivity contribution in [3.05, 3.63) is 34.3 Å². The molecule has 0 aliphatic carbocycles. The average molecular weight is 184 g/mol. The molecule has 0 aliphatic heterocycles. The van der Waals surface area contributed by atoms with Crippen LogP contribution in [0.15, 0.2) is 18.2 Å². The number of nitrogens with two attached hydrogens (primary N) is 1. The van der Waals surface area contributed by atoms with Crippen molar-refractivity contribution in [1.29, 1.82) is 0 Å². The fourth-order valence-electron chi connectivity index (χ4n) is 1.21. The largest absolute Gasteiger partial charge is 0.328 e. The molecule has 0 aromatic heterocycles. The van der Waals surface area contributed by atoms with E-state index >= 15 is 0 Å². The fraction of sp³-hybridized carbons (Fsp3) is 0.400. The summed E-state index contributed by atoms with van der Waals surface area (Å²) in [6.07, 6.45) is 0.848. The van der Waals surface area contributed by atoms with Gasteiger partial charge in [0.05, 0.1) is 0 Å². The van der Waals surface area contributed by atoms with Crippen LogP contribution in [0, 0.1) is 6.92 Å². The summed E-state index contributed by atoms with van der Waals surface area (Å²) in [5.41, 5.74) is 7.95. The summed E-state index contributed by atoms with van der Waals surface area (Å²) in [6, 6.07) is 6.22. The molecule has 0 aliphatic rings. The van der Waals surface area contributed by atoms with Gasteiger partial charge in [0.15, 0.2) is 0 Å². The normalized spacial score (nSPS) is 13.0. The maximum absolute atomic E-state index is 6.08. The summed E-state index contributed by atoms with van der Waals surface area (Å²) >= 11 is 6.08. The van der Waals surface area contributed by atoms with Gasteiger partial charge in [-0.1, -0.05) is 29.8 Å². The Morgan fingerprint density at radius 2 is 2.17 bits per heavy atom. The Morgan fingerprint density at radius 3 is 2.75 bits per heavy atom. The maximum atomic E-state index is 6.08. The van der Waals surface area contributed by atoms with E-state index in [2.05, 4.69) is 0 Å². The summed E-state index contributed by atoms with van der Waals surface area (Å²) in [5, 5.41) is 0.856. The molecule has 0 heterocycles. The zero-order valence-corrected chi connectivity index (χ0v) is 8.23. The third-order valence-corrected chi connectivity index (χ3v) is 2.35. The van der Waals surface area contributed by atoms with E-state index in [9.17, 15) is 0 Å². The SMILES string of the molecule is Cc1cccc(CC(C)N)c1Cl. The van der Waals surface area contributed by atoms with Gasteiger partial charge in [-0.3, -0.25) is 0 Å². The first-order valence-electron chi connectivity index (χ1n) is 4.11. The van der Waals surface area contributed by atoms with Gasteiger partial charge < -0.3 is 5.73 Å². The topological polar surface area (TPSA) is 26.0 Å². The van der Waals surface area contributed by atoms with E-state index in [4.69, 9.17) is 17.3 Å². The van der Waals surface area contributed by atoms with Crippen molar-refractivity contribution < 1.29 is 0 Å². The van der Waals surface area contributed by atoms with E-state index in [0.717, 1.165) is 22.6 Å². The Kier molecular flexibility index (Phi) is 3.12. The molecule has 0 fully saturated rings. The first kappa shape index (κ1) is 9.56. The van der Waals surface area contributed by atoms with Gasteiger partial charge in [-0.25, -0.2) is 0 Å². The fourth-order valence-corrected chi connectivity index (χ4v) is 1.42. The molecule has 12 heavy (non-hydrogen) atoms. The van der Waals surface area contributed by atoms with Gasteiger partial charge in [-0.05, 0) is 31.4 Å². The second-order valence-corrected chi connectivity index (χ2v) is 3.61. The molecule has 0 spiro atoms. The molecule has 1 rings (SSSR count). The van der Waals surface area contributed by atoms with Crippen LogP contribution >= 0.6 is 11.6 Å². The van der Waals surface area contributed by atoms with Gasteiger partial charge in [-0.15, -0.1) is 0 Å². The van der Waals surface area contributed by atoms with Gasteiger partial charge in [0, 0.05) is 11.1 Å². The smallest absolute Gasteiger partial charge is 0.0467 e. The van der Waals surface area contributed by atoms with Crippen LogP contribution in [0.1, 0.15) is 18.1 Å². The molecular formula is C10H14ClN. The summed E-state index contributed by atoms with van der Waals surface area (Å²) < 4.78 is 0. The Morgan fingerprint density at radius 1 is 1.50 bits per heavy atom. The van der Waals surface area contributed by atoms with Crippen LogP contribution in [-0.2, 0) is 6.42 Å². The maximum Gasteiger partial charge on any atom is 0.0467 e. The van der Waals surface area contributed by atoms with Crippen LogP contribution in [-0.4, -0.2) is 6.04 Å². The van der Waals surface area contributed by atoms with Crippen LogP contribution in [0.25, 0.3) is 0 Å². The van der Waals surface area contributed by atoms with Gasteiger partial charge >= 0.3 is 0 Å². The van der Waals surface area contributed by atoms with Gasteiger partial charge in [0.25, 0.3) is 0 Å². The highest BCUT2D eigenvalue weighted by Gasteiger charge is 2.04. The lowest BCUT2D eigenvalue weighted by atomic mass is 10.1. The number of aryl methyl sites for hydroxylation is 1. The van der Waals surface area contributed by atoms with Crippen LogP contribution < -0.4 is 5.73 Å². The van der Waals surface area contributed by atoms with Crippen molar-refractivity contribution in [3.63, 3.8) is 0 Å². The Bertz CT molecular complexity index is 269. The van der Waals surface area contributed by atoms with Gasteiger partial charge in [0.2, 0.25) is 0 Å². The van der Waals surface area contributed by atoms with Crippen molar-refractivity contribution in [2.45, 2.75) is 26.3 Å². The van der Waals surface area contributed by atoms with Crippen molar-refractivity contribution in [3.8, 4) is 0 Å². The minimum Gasteiger partial charge on any atom is -0.328 e. The van der Waals surface area contributed by atoms with Crippen LogP contribution in [0.3, 0.4) is 0 Å². The molecule has 2 heteroatoms. The standard InChI is InChI=1S/C10H14ClN/c1-7-4-3-5-9(10(7)11)6-8(2)12/h3-5,8H,6,12H2,1-2H3. The van der Waals surface area contributed by atoms with E-state index in [0.29, 0.717) is 0 Å². The van der Waals surface area contributed by atoms with E-state index in [1.807, 2.05) is 32.0 Å². The van der Waals surface area contributed by atoms with E-state index in [1.165, 1.54) is 0 Å². The Balaban J connectivity index is 2.92. The van der Waals surface area contributed by atoms with E-state index in [-0.39, 0.29) is 6.04 Å². The highest BCUT2D eigenvalue weighted by Crippen LogP contribution is 2.20. The number of benzene rings is 1. The van der Waals surface area contributed by atoms with E-state index in [1.54, 1.807) is 0 Å². The molecular weight excluding hydrogens is 170 g/mol. The highest BCUT2D eigenvalue weighted by molar-refractivity contribution is 6.32. The Hall–Kier alpha value is -0.530. The van der Waals surface area contributed by atoms with Crippen molar-refractivity contribution in [1.82, 2.24) is 0 Å². The first-order valence-corrected chi connectivity index (χ1v) is 4.48. The third-order valence-electron chi connectivity index (χ3n) is 1.81. The lowest BCUT2D eigenvalue weighted by Crippen LogP contribution is -2.18. The molecule has 1 nitrogen and oxygen atoms in total. The molecule has 0 saturated carbocycles. The second kappa shape index (κ2) is 3.92. The minimum absolute atomic E-state index is 0.171. The Labute approximate surface area is 78.5 Å². The molecule has 0 bridgehead atoms. The molecule has 0 amide bonds. The zero-order valence-electron chi connectivity index (χ0n) is 7.47. The highest BCUT2D eigenvalue weighted by atomic mass is 35.5. The van der Waals surface area contributed by atoms with Crippen LogP contribution in [0.4, 0.5) is 0 Å². The molecule has 0 saturated heterocycles. The van der Waals surface area contributed by atoms with Crippen molar-refractivity contribution in [2.75, 3.05) is 0 Å². The second-order valence-electron chi connectivity index (χ2n) is 3.23. The molecule has 1 atom stereocenters. The zero-order chi connectivity index (χ0) is 9.14. The van der Waals surface area contributed by atoms with Gasteiger partial charge in [-0.2, -0.15) is 0 Å². The molecule has 1 aromatic carbocycles. The lowest BCUT2D eigenvalue weighted by molar-refractivity contribution is 0.738. The average Bonchev–Trinajstić information content (AvgIpc) is 1.98. The molecule has 66 valence electrons. The number of rotatable bonds is 2. The summed E-state index contributed by atoms with van der Waals surface area (Å²) in [4.78, 5) is 0. The predicted octanol–water partition coefficient (Wildman–Crippen LogP) is 2.54. The molecule has 1 unspecified atom stereocenters. The first-order chi connectivity index (χ1) is 5.61. The monoisotopic (exact) mass is 183 g/mol. The molecule has 0 radical (unpaired) electrons. The summed E-state index contributed by atoms with van der Waals surface area (Å²) in [6.45, 7) is 3.99. The van der Waals surface area contributed by atoms with Crippen LogP contribution in [0.5, 0.6) is 0 Å². The molecule has 1 aromatic rings. The lowest BCUT2D eigenvalue weighted by Gasteiger charge is -2.08. The van der Waals surface area contributed by atoms with Crippen molar-refractivity contribution >= 4 is 11.6 Å². The summed E-state index contributed by atoms with van der Waals surface area (Å²) in [5.74, 6) is 0. The number of halogens is 1. The number of hydrogen-bond donors (Lipinski definition) is 1. The quantitative estimate of drug-likeness (QED) is 0.750. The van der Waals surface area contributed by atoms with E-state index < -0.39 is 0 Å². The number of hydrogen-bond acceptors (Lipinski definition) is 1. The van der Waals surface area contributed by atoms with Crippen LogP contribution in [0.2, 0.25) is 5.02 Å². The van der Waals surface area contributed by atoms with Crippen molar-refractivity contribution in [2.24, 2.45) is 5.73 Å². The minimum atomic E-state index is 0.171. The van der Waals surface area contributed by atoms with Gasteiger partial charge in [0.1, 0.15) is 0 Å². The third kappa shape index (κ3) is 2.23. The molecule has 2 N–H and O–H groups in total. The predicted molar refractivity (Wildman–Crippen MR) is 53.5 cm³/mol.